The van der Waals surface area contributed by atoms with Gasteiger partial charge >= 0.3 is 0 Å². The van der Waals surface area contributed by atoms with Crippen molar-refractivity contribution >= 4 is 0 Å². The minimum absolute atomic E-state index is 0.299. The Morgan fingerprint density at radius 1 is 1.29 bits per heavy atom. The fourth-order valence-corrected chi connectivity index (χ4v) is 2.52. The number of aliphatic hydroxyl groups excluding tert-OH is 1. The topological polar surface area (TPSA) is 32.7 Å². The molecule has 3 nitrogen and oxygen atoms in total. The highest BCUT2D eigenvalue weighted by Crippen LogP contribution is 2.32. The van der Waals surface area contributed by atoms with E-state index < -0.39 is 6.10 Å². The largest absolute Gasteiger partial charge is 0.492 e. The van der Waals surface area contributed by atoms with Gasteiger partial charge in [0.15, 0.2) is 0 Å². The van der Waals surface area contributed by atoms with E-state index in [1.54, 1.807) is 0 Å². The van der Waals surface area contributed by atoms with Crippen molar-refractivity contribution in [2.24, 2.45) is 0 Å². The minimum Gasteiger partial charge on any atom is -0.492 e. The fraction of sp³-hybridized carbons (Fsp3) is 0.571. The SMILES string of the molecule is CCN(CC)C1COc2ccccc2C(O)C1. The van der Waals surface area contributed by atoms with Crippen LogP contribution in [0.2, 0.25) is 0 Å². The number of ether oxygens (including phenoxy) is 1. The molecule has 2 unspecified atom stereocenters. The Kier molecular flexibility index (Phi) is 4.02. The third kappa shape index (κ3) is 2.61. The Balaban J connectivity index is 2.17. The Bertz CT molecular complexity index is 363. The van der Waals surface area contributed by atoms with Gasteiger partial charge in [-0.3, -0.25) is 4.90 Å². The predicted octanol–water partition coefficient (Wildman–Crippen LogP) is 2.21. The highest BCUT2D eigenvalue weighted by Gasteiger charge is 2.26. The summed E-state index contributed by atoms with van der Waals surface area (Å²) in [5.74, 6) is 0.828. The molecule has 17 heavy (non-hydrogen) atoms. The standard InChI is InChI=1S/C14H21NO2/c1-3-15(4-2)11-9-13(16)12-7-5-6-8-14(12)17-10-11/h5-8,11,13,16H,3-4,9-10H2,1-2H3. The molecule has 0 fully saturated rings. The van der Waals surface area contributed by atoms with Gasteiger partial charge in [0, 0.05) is 11.6 Å². The summed E-state index contributed by atoms with van der Waals surface area (Å²) in [6.45, 7) is 6.94. The van der Waals surface area contributed by atoms with Crippen LogP contribution in [0.4, 0.5) is 0 Å². The molecule has 0 saturated carbocycles. The number of hydrogen-bond acceptors (Lipinski definition) is 3. The molecule has 0 radical (unpaired) electrons. The van der Waals surface area contributed by atoms with Crippen LogP contribution in [0.15, 0.2) is 24.3 Å². The first kappa shape index (κ1) is 12.4. The van der Waals surface area contributed by atoms with Crippen molar-refractivity contribution in [3.63, 3.8) is 0 Å². The van der Waals surface area contributed by atoms with Gasteiger partial charge in [-0.2, -0.15) is 0 Å². The van der Waals surface area contributed by atoms with Crippen LogP contribution < -0.4 is 4.74 Å². The molecule has 94 valence electrons. The predicted molar refractivity (Wildman–Crippen MR) is 68.2 cm³/mol. The molecule has 1 heterocycles. The van der Waals surface area contributed by atoms with Crippen LogP contribution in [0.25, 0.3) is 0 Å². The third-order valence-electron chi connectivity index (χ3n) is 3.53. The van der Waals surface area contributed by atoms with Crippen LogP contribution in [-0.4, -0.2) is 35.7 Å². The molecular formula is C14H21NO2. The maximum absolute atomic E-state index is 10.2. The smallest absolute Gasteiger partial charge is 0.125 e. The molecule has 0 bridgehead atoms. The van der Waals surface area contributed by atoms with E-state index in [9.17, 15) is 5.11 Å². The molecule has 2 atom stereocenters. The monoisotopic (exact) mass is 235 g/mol. The molecule has 0 saturated heterocycles. The third-order valence-corrected chi connectivity index (χ3v) is 3.53. The second kappa shape index (κ2) is 5.52. The van der Waals surface area contributed by atoms with Gasteiger partial charge in [0.25, 0.3) is 0 Å². The van der Waals surface area contributed by atoms with Gasteiger partial charge in [0.05, 0.1) is 6.10 Å². The van der Waals surface area contributed by atoms with Gasteiger partial charge < -0.3 is 9.84 Å². The number of nitrogens with zero attached hydrogens (tertiary/aromatic N) is 1. The molecule has 0 aromatic heterocycles. The minimum atomic E-state index is -0.417. The van der Waals surface area contributed by atoms with Crippen molar-refractivity contribution < 1.29 is 9.84 Å². The van der Waals surface area contributed by atoms with E-state index in [2.05, 4.69) is 18.7 Å². The van der Waals surface area contributed by atoms with E-state index in [4.69, 9.17) is 4.74 Å². The van der Waals surface area contributed by atoms with Crippen LogP contribution in [0.3, 0.4) is 0 Å². The number of benzene rings is 1. The number of para-hydroxylation sites is 1. The number of fused-ring (bicyclic) bond motifs is 1. The van der Waals surface area contributed by atoms with Gasteiger partial charge in [-0.05, 0) is 25.6 Å². The normalized spacial score (nSPS) is 24.0. The van der Waals surface area contributed by atoms with Gasteiger partial charge in [0.1, 0.15) is 12.4 Å². The van der Waals surface area contributed by atoms with Gasteiger partial charge in [0.2, 0.25) is 0 Å². The van der Waals surface area contributed by atoms with E-state index in [1.807, 2.05) is 24.3 Å². The van der Waals surface area contributed by atoms with Gasteiger partial charge in [-0.1, -0.05) is 32.0 Å². The lowest BCUT2D eigenvalue weighted by molar-refractivity contribution is 0.0946. The van der Waals surface area contributed by atoms with Crippen molar-refractivity contribution in [2.45, 2.75) is 32.4 Å². The van der Waals surface area contributed by atoms with Crippen LogP contribution in [0, 0.1) is 0 Å². The molecule has 1 N–H and O–H groups in total. The summed E-state index contributed by atoms with van der Waals surface area (Å²) in [7, 11) is 0. The van der Waals surface area contributed by atoms with Crippen LogP contribution in [-0.2, 0) is 0 Å². The molecule has 2 rings (SSSR count). The van der Waals surface area contributed by atoms with Crippen molar-refractivity contribution in [2.75, 3.05) is 19.7 Å². The molecule has 1 aromatic carbocycles. The summed E-state index contributed by atoms with van der Waals surface area (Å²) < 4.78 is 5.81. The molecule has 0 spiro atoms. The lowest BCUT2D eigenvalue weighted by Gasteiger charge is -2.28. The summed E-state index contributed by atoms with van der Waals surface area (Å²) in [4.78, 5) is 2.34. The zero-order valence-corrected chi connectivity index (χ0v) is 10.6. The lowest BCUT2D eigenvalue weighted by Crippen LogP contribution is -2.39. The lowest BCUT2D eigenvalue weighted by atomic mass is 10.0. The zero-order chi connectivity index (χ0) is 12.3. The second-order valence-corrected chi connectivity index (χ2v) is 4.48. The van der Waals surface area contributed by atoms with Gasteiger partial charge in [-0.25, -0.2) is 0 Å². The van der Waals surface area contributed by atoms with Crippen molar-refractivity contribution in [1.29, 1.82) is 0 Å². The summed E-state index contributed by atoms with van der Waals surface area (Å²) >= 11 is 0. The number of hydrogen-bond donors (Lipinski definition) is 1. The number of likely N-dealkylation sites (N-methyl/N-ethyl adjacent to an activating group) is 1. The maximum Gasteiger partial charge on any atom is 0.125 e. The fourth-order valence-electron chi connectivity index (χ4n) is 2.52. The molecule has 3 heteroatoms. The molecule has 1 aromatic rings. The molecule has 0 amide bonds. The molecule has 1 aliphatic rings. The Morgan fingerprint density at radius 2 is 2.00 bits per heavy atom. The van der Waals surface area contributed by atoms with E-state index in [0.717, 1.165) is 30.8 Å². The van der Waals surface area contributed by atoms with Crippen molar-refractivity contribution in [3.05, 3.63) is 29.8 Å². The Morgan fingerprint density at radius 3 is 2.71 bits per heavy atom. The van der Waals surface area contributed by atoms with E-state index in [1.165, 1.54) is 0 Å². The van der Waals surface area contributed by atoms with Gasteiger partial charge in [-0.15, -0.1) is 0 Å². The first-order valence-electron chi connectivity index (χ1n) is 6.40. The highest BCUT2D eigenvalue weighted by atomic mass is 16.5. The summed E-state index contributed by atoms with van der Waals surface area (Å²) in [5.41, 5.74) is 0.919. The van der Waals surface area contributed by atoms with Crippen LogP contribution >= 0.6 is 0 Å². The molecule has 0 aliphatic carbocycles. The molecular weight excluding hydrogens is 214 g/mol. The highest BCUT2D eigenvalue weighted by molar-refractivity contribution is 5.36. The summed E-state index contributed by atoms with van der Waals surface area (Å²) in [6, 6.07) is 8.08. The van der Waals surface area contributed by atoms with E-state index in [0.29, 0.717) is 12.6 Å². The van der Waals surface area contributed by atoms with E-state index >= 15 is 0 Å². The maximum atomic E-state index is 10.2. The second-order valence-electron chi connectivity index (χ2n) is 4.48. The zero-order valence-electron chi connectivity index (χ0n) is 10.6. The first-order valence-corrected chi connectivity index (χ1v) is 6.40. The van der Waals surface area contributed by atoms with Crippen molar-refractivity contribution in [3.8, 4) is 5.75 Å². The van der Waals surface area contributed by atoms with Crippen LogP contribution in [0.1, 0.15) is 31.9 Å². The summed E-state index contributed by atoms with van der Waals surface area (Å²) in [6.07, 6.45) is 0.331. The number of rotatable bonds is 3. The molecule has 1 aliphatic heterocycles. The average molecular weight is 235 g/mol. The number of aliphatic hydroxyl groups is 1. The average Bonchev–Trinajstić information content (AvgIpc) is 2.52. The summed E-state index contributed by atoms with van der Waals surface area (Å²) in [5, 5.41) is 10.2. The van der Waals surface area contributed by atoms with Crippen molar-refractivity contribution in [1.82, 2.24) is 4.90 Å². The first-order chi connectivity index (χ1) is 8.26. The Labute approximate surface area is 103 Å². The quantitative estimate of drug-likeness (QED) is 0.872. The van der Waals surface area contributed by atoms with Crippen LogP contribution in [0.5, 0.6) is 5.75 Å². The Hall–Kier alpha value is -1.06. The van der Waals surface area contributed by atoms with E-state index in [-0.39, 0.29) is 0 Å².